The zero-order valence-electron chi connectivity index (χ0n) is 17.7. The molecule has 1 heterocycles. The molecule has 0 fully saturated rings. The van der Waals surface area contributed by atoms with Crippen molar-refractivity contribution in [3.05, 3.63) is 41.7 Å². The summed E-state index contributed by atoms with van der Waals surface area (Å²) in [5.41, 5.74) is -1.71. The van der Waals surface area contributed by atoms with Gasteiger partial charge in [-0.05, 0) is 11.6 Å². The Kier molecular flexibility index (Phi) is 9.77. The number of carbonyl (C=O) groups excluding carboxylic acids is 1. The van der Waals surface area contributed by atoms with Crippen LogP contribution in [-0.4, -0.2) is 38.4 Å². The van der Waals surface area contributed by atoms with Crippen molar-refractivity contribution in [2.45, 2.75) is 83.3 Å². The van der Waals surface area contributed by atoms with Gasteiger partial charge in [0.15, 0.2) is 0 Å². The lowest BCUT2D eigenvalue weighted by molar-refractivity contribution is -0.159. The molecule has 0 aliphatic carbocycles. The van der Waals surface area contributed by atoms with Crippen LogP contribution in [0.1, 0.15) is 82.5 Å². The second kappa shape index (κ2) is 12.3. The number of benzene rings is 1. The minimum atomic E-state index is -2.06. The molecule has 29 heavy (non-hydrogen) atoms. The molecule has 0 aliphatic rings. The van der Waals surface area contributed by atoms with Crippen molar-refractivity contribution in [2.24, 2.45) is 0 Å². The summed E-state index contributed by atoms with van der Waals surface area (Å²) in [6.07, 6.45) is 12.5. The van der Waals surface area contributed by atoms with E-state index in [-0.39, 0.29) is 5.82 Å². The van der Waals surface area contributed by atoms with E-state index in [9.17, 15) is 9.90 Å². The van der Waals surface area contributed by atoms with E-state index in [1.807, 2.05) is 0 Å². The van der Waals surface area contributed by atoms with E-state index in [0.717, 1.165) is 12.8 Å². The van der Waals surface area contributed by atoms with Gasteiger partial charge in [-0.15, -0.1) is 10.2 Å². The Labute approximate surface area is 173 Å². The van der Waals surface area contributed by atoms with Crippen molar-refractivity contribution in [3.63, 3.8) is 0 Å². The highest BCUT2D eigenvalue weighted by atomic mass is 16.5. The van der Waals surface area contributed by atoms with Crippen LogP contribution in [0.3, 0.4) is 0 Å². The van der Waals surface area contributed by atoms with Gasteiger partial charge in [0.1, 0.15) is 0 Å². The standard InChI is InChI=1S/C22H34N4O3/c1-3-4-5-6-7-8-9-10-11-15-18-26-24-20(23-25-26)22(28,21(27)29-2)19-16-13-12-14-17-19/h12-14,16-17,28H,3-11,15,18H2,1-2H3. The molecule has 1 aromatic carbocycles. The first-order valence-corrected chi connectivity index (χ1v) is 10.8. The summed E-state index contributed by atoms with van der Waals surface area (Å²) < 4.78 is 4.79. The van der Waals surface area contributed by atoms with E-state index >= 15 is 0 Å². The van der Waals surface area contributed by atoms with Gasteiger partial charge in [0.2, 0.25) is 5.82 Å². The Hall–Kier alpha value is -2.28. The van der Waals surface area contributed by atoms with E-state index in [4.69, 9.17) is 4.74 Å². The van der Waals surface area contributed by atoms with E-state index in [1.165, 1.54) is 63.3 Å². The topological polar surface area (TPSA) is 90.1 Å². The summed E-state index contributed by atoms with van der Waals surface area (Å²) in [7, 11) is 1.23. The first-order valence-electron chi connectivity index (χ1n) is 10.8. The molecule has 2 aromatic rings. The average Bonchev–Trinajstić information content (AvgIpc) is 3.24. The highest BCUT2D eigenvalue weighted by Gasteiger charge is 2.45. The number of aryl methyl sites for hydroxylation is 1. The van der Waals surface area contributed by atoms with Gasteiger partial charge in [-0.1, -0.05) is 95.0 Å². The summed E-state index contributed by atoms with van der Waals surface area (Å²) in [6.45, 7) is 2.85. The van der Waals surface area contributed by atoms with Gasteiger partial charge in [0.25, 0.3) is 5.60 Å². The minimum Gasteiger partial charge on any atom is -0.466 e. The minimum absolute atomic E-state index is 0.0670. The van der Waals surface area contributed by atoms with Crippen LogP contribution in [0.4, 0.5) is 0 Å². The Bertz CT molecular complexity index is 720. The maximum Gasteiger partial charge on any atom is 0.350 e. The molecule has 7 nitrogen and oxygen atoms in total. The quantitative estimate of drug-likeness (QED) is 0.379. The number of ether oxygens (including phenoxy) is 1. The zero-order valence-corrected chi connectivity index (χ0v) is 17.7. The van der Waals surface area contributed by atoms with Gasteiger partial charge in [-0.2, -0.15) is 4.80 Å². The fourth-order valence-electron chi connectivity index (χ4n) is 3.39. The number of methoxy groups -OCH3 is 1. The van der Waals surface area contributed by atoms with Crippen molar-refractivity contribution < 1.29 is 14.6 Å². The number of esters is 1. The van der Waals surface area contributed by atoms with Crippen molar-refractivity contribution in [1.82, 2.24) is 20.2 Å². The number of hydrogen-bond acceptors (Lipinski definition) is 6. The molecule has 2 rings (SSSR count). The maximum atomic E-state index is 12.3. The fraction of sp³-hybridized carbons (Fsp3) is 0.636. The molecule has 1 N–H and O–H groups in total. The van der Waals surface area contributed by atoms with Gasteiger partial charge in [-0.3, -0.25) is 0 Å². The average molecular weight is 403 g/mol. The molecule has 1 atom stereocenters. The smallest absolute Gasteiger partial charge is 0.350 e. The highest BCUT2D eigenvalue weighted by Crippen LogP contribution is 2.28. The maximum absolute atomic E-state index is 12.3. The van der Waals surface area contributed by atoms with Crippen LogP contribution in [-0.2, 0) is 21.7 Å². The third-order valence-corrected chi connectivity index (χ3v) is 5.16. The molecule has 7 heteroatoms. The van der Waals surface area contributed by atoms with Crippen molar-refractivity contribution in [3.8, 4) is 0 Å². The molecule has 0 saturated heterocycles. The normalized spacial score (nSPS) is 13.2. The number of carbonyl (C=O) groups is 1. The second-order valence-corrected chi connectivity index (χ2v) is 7.46. The van der Waals surface area contributed by atoms with Crippen LogP contribution in [0, 0.1) is 0 Å². The van der Waals surface area contributed by atoms with Crippen molar-refractivity contribution in [2.75, 3.05) is 7.11 Å². The van der Waals surface area contributed by atoms with Gasteiger partial charge >= 0.3 is 5.97 Å². The van der Waals surface area contributed by atoms with Crippen LogP contribution in [0.2, 0.25) is 0 Å². The SMILES string of the molecule is CCCCCCCCCCCCn1nnc(C(O)(C(=O)OC)c2ccccc2)n1. The number of aliphatic hydroxyl groups is 1. The van der Waals surface area contributed by atoms with Gasteiger partial charge in [-0.25, -0.2) is 4.79 Å². The first-order chi connectivity index (χ1) is 14.1. The largest absolute Gasteiger partial charge is 0.466 e. The second-order valence-electron chi connectivity index (χ2n) is 7.46. The Morgan fingerprint density at radius 2 is 1.59 bits per heavy atom. The van der Waals surface area contributed by atoms with Crippen LogP contribution in [0.25, 0.3) is 0 Å². The summed E-state index contributed by atoms with van der Waals surface area (Å²) >= 11 is 0. The molecular formula is C22H34N4O3. The van der Waals surface area contributed by atoms with Crippen LogP contribution >= 0.6 is 0 Å². The third kappa shape index (κ3) is 6.63. The van der Waals surface area contributed by atoms with Gasteiger partial charge < -0.3 is 9.84 Å². The lowest BCUT2D eigenvalue weighted by atomic mass is 9.93. The molecule has 0 aliphatic heterocycles. The molecule has 1 aromatic heterocycles. The van der Waals surface area contributed by atoms with Crippen molar-refractivity contribution >= 4 is 5.97 Å². The highest BCUT2D eigenvalue weighted by molar-refractivity contribution is 5.84. The number of unbranched alkanes of at least 4 members (excludes halogenated alkanes) is 9. The summed E-state index contributed by atoms with van der Waals surface area (Å²) in [6, 6.07) is 8.55. The fourth-order valence-corrected chi connectivity index (χ4v) is 3.39. The first kappa shape index (κ1) is 23.0. The van der Waals surface area contributed by atoms with Crippen LogP contribution < -0.4 is 0 Å². The number of nitrogens with zero attached hydrogens (tertiary/aromatic N) is 4. The molecule has 1 unspecified atom stereocenters. The predicted octanol–water partition coefficient (Wildman–Crippen LogP) is 4.00. The number of aromatic nitrogens is 4. The molecule has 0 saturated carbocycles. The van der Waals surface area contributed by atoms with Gasteiger partial charge in [0.05, 0.1) is 13.7 Å². The third-order valence-electron chi connectivity index (χ3n) is 5.16. The zero-order chi connectivity index (χ0) is 21.0. The van der Waals surface area contributed by atoms with Crippen molar-refractivity contribution in [1.29, 1.82) is 0 Å². The number of tetrazole rings is 1. The van der Waals surface area contributed by atoms with E-state index in [0.29, 0.717) is 12.1 Å². The Balaban J connectivity index is 1.81. The van der Waals surface area contributed by atoms with Crippen LogP contribution in [0.5, 0.6) is 0 Å². The predicted molar refractivity (Wildman–Crippen MR) is 111 cm³/mol. The van der Waals surface area contributed by atoms with E-state index in [1.54, 1.807) is 30.3 Å². The molecule has 160 valence electrons. The summed E-state index contributed by atoms with van der Waals surface area (Å²) in [4.78, 5) is 13.7. The molecular weight excluding hydrogens is 368 g/mol. The van der Waals surface area contributed by atoms with Crippen LogP contribution in [0.15, 0.2) is 30.3 Å². The molecule has 0 bridgehead atoms. The van der Waals surface area contributed by atoms with Gasteiger partial charge in [0, 0.05) is 5.56 Å². The molecule has 0 spiro atoms. The lowest BCUT2D eigenvalue weighted by Crippen LogP contribution is -2.39. The molecule has 0 amide bonds. The summed E-state index contributed by atoms with van der Waals surface area (Å²) in [5, 5.41) is 23.2. The Morgan fingerprint density at radius 1 is 1.00 bits per heavy atom. The molecule has 0 radical (unpaired) electrons. The Morgan fingerprint density at radius 3 is 2.17 bits per heavy atom. The van der Waals surface area contributed by atoms with E-state index in [2.05, 4.69) is 22.3 Å². The lowest BCUT2D eigenvalue weighted by Gasteiger charge is -2.21. The number of rotatable bonds is 14. The van der Waals surface area contributed by atoms with E-state index < -0.39 is 11.6 Å². The number of hydrogen-bond donors (Lipinski definition) is 1. The summed E-state index contributed by atoms with van der Waals surface area (Å²) in [5.74, 6) is -0.898. The monoisotopic (exact) mass is 402 g/mol.